The Morgan fingerprint density at radius 2 is 0.833 bits per heavy atom. The predicted molar refractivity (Wildman–Crippen MR) is 82.6 cm³/mol. The summed E-state index contributed by atoms with van der Waals surface area (Å²) in [5, 5.41) is 0. The first-order valence-corrected chi connectivity index (χ1v) is 7.73. The molecule has 4 atom stereocenters. The Balaban J connectivity index is 0.000000771. The molecule has 0 amide bonds. The van der Waals surface area contributed by atoms with Gasteiger partial charge in [-0.3, -0.25) is 0 Å². The van der Waals surface area contributed by atoms with Gasteiger partial charge in [-0.1, -0.05) is 45.8 Å². The van der Waals surface area contributed by atoms with Crippen molar-refractivity contribution >= 4 is 0 Å². The molecule has 18 heavy (non-hydrogen) atoms. The van der Waals surface area contributed by atoms with Crippen molar-refractivity contribution in [3.63, 3.8) is 0 Å². The van der Waals surface area contributed by atoms with E-state index in [2.05, 4.69) is 48.5 Å². The highest BCUT2D eigenvalue weighted by atomic mass is 14.5. The van der Waals surface area contributed by atoms with Crippen LogP contribution in [0, 0.1) is 29.6 Å². The lowest BCUT2D eigenvalue weighted by Crippen LogP contribution is -2.24. The zero-order valence-electron chi connectivity index (χ0n) is 13.9. The Morgan fingerprint density at radius 1 is 0.556 bits per heavy atom. The van der Waals surface area contributed by atoms with Gasteiger partial charge in [-0.15, -0.1) is 0 Å². The Bertz CT molecular complexity index is 333. The van der Waals surface area contributed by atoms with Crippen molar-refractivity contribution < 1.29 is 0 Å². The first kappa shape index (κ1) is 15.5. The van der Waals surface area contributed by atoms with E-state index in [-0.39, 0.29) is 0 Å². The van der Waals surface area contributed by atoms with Gasteiger partial charge in [0.05, 0.1) is 0 Å². The molecule has 0 N–H and O–H groups in total. The molecule has 0 aromatic heterocycles. The maximum atomic E-state index is 2.45. The zero-order chi connectivity index (χ0) is 14.2. The highest BCUT2D eigenvalue weighted by Gasteiger charge is 2.47. The van der Waals surface area contributed by atoms with E-state index >= 15 is 0 Å². The van der Waals surface area contributed by atoms with Crippen LogP contribution in [-0.4, -0.2) is 0 Å². The molecule has 0 spiro atoms. The van der Waals surface area contributed by atoms with Crippen molar-refractivity contribution in [2.24, 2.45) is 29.6 Å². The normalized spacial score (nSPS) is 39.5. The molecular formula is C18H32. The minimum Gasteiger partial charge on any atom is -0.0683 e. The molecule has 0 aromatic rings. The molecule has 104 valence electrons. The Hall–Kier alpha value is -0.520. The first-order valence-electron chi connectivity index (χ1n) is 7.73. The summed E-state index contributed by atoms with van der Waals surface area (Å²) in [6.45, 7) is 20.7. The Morgan fingerprint density at radius 3 is 1.11 bits per heavy atom. The van der Waals surface area contributed by atoms with Gasteiger partial charge in [-0.05, 0) is 68.4 Å². The molecule has 0 aliphatic heterocycles. The van der Waals surface area contributed by atoms with Gasteiger partial charge >= 0.3 is 0 Å². The number of allylic oxidation sites excluding steroid dienone is 4. The highest BCUT2D eigenvalue weighted by molar-refractivity contribution is 5.43. The van der Waals surface area contributed by atoms with E-state index in [1.54, 1.807) is 22.3 Å². The average Bonchev–Trinajstić information content (AvgIpc) is 2.61. The number of hydrogen-bond donors (Lipinski definition) is 0. The molecule has 0 bridgehead atoms. The molecule has 0 heterocycles. The Kier molecular flexibility index (Phi) is 4.86. The highest BCUT2D eigenvalue weighted by Crippen LogP contribution is 2.55. The minimum absolute atomic E-state index is 0.814. The van der Waals surface area contributed by atoms with Crippen LogP contribution >= 0.6 is 0 Å². The zero-order valence-corrected chi connectivity index (χ0v) is 13.9. The van der Waals surface area contributed by atoms with E-state index in [1.165, 1.54) is 0 Å². The third kappa shape index (κ3) is 2.08. The largest absolute Gasteiger partial charge is 0.0683 e. The van der Waals surface area contributed by atoms with Crippen molar-refractivity contribution in [1.82, 2.24) is 0 Å². The fourth-order valence-electron chi connectivity index (χ4n) is 4.21. The second kappa shape index (κ2) is 5.63. The second-order valence-electron chi connectivity index (χ2n) is 6.24. The van der Waals surface area contributed by atoms with Crippen LogP contribution in [-0.2, 0) is 0 Å². The fraction of sp³-hybridized carbons (Fsp3) is 0.778. The van der Waals surface area contributed by atoms with Crippen LogP contribution in [0.2, 0.25) is 0 Å². The minimum atomic E-state index is 0.814. The summed E-state index contributed by atoms with van der Waals surface area (Å²) in [4.78, 5) is 0. The van der Waals surface area contributed by atoms with Gasteiger partial charge in [0, 0.05) is 0 Å². The first-order chi connectivity index (χ1) is 8.37. The number of hydrogen-bond acceptors (Lipinski definition) is 0. The van der Waals surface area contributed by atoms with E-state index in [0.29, 0.717) is 0 Å². The molecular weight excluding hydrogens is 216 g/mol. The van der Waals surface area contributed by atoms with Crippen molar-refractivity contribution in [2.45, 2.75) is 62.3 Å². The molecule has 0 radical (unpaired) electrons. The van der Waals surface area contributed by atoms with Gasteiger partial charge in [-0.2, -0.15) is 0 Å². The molecule has 0 nitrogen and oxygen atoms in total. The van der Waals surface area contributed by atoms with E-state index < -0.39 is 0 Å². The van der Waals surface area contributed by atoms with Crippen LogP contribution in [0.25, 0.3) is 0 Å². The maximum Gasteiger partial charge on any atom is -0.0103 e. The summed E-state index contributed by atoms with van der Waals surface area (Å²) < 4.78 is 0. The van der Waals surface area contributed by atoms with E-state index in [1.807, 2.05) is 13.8 Å². The summed E-state index contributed by atoms with van der Waals surface area (Å²) in [5.74, 6) is 4.18. The molecule has 2 aliphatic rings. The standard InChI is InChI=1S/C16H26.C2H6/c1-8-9(2)12(5)16-14(7)10(3)13(6)15(16)11(8)4;1-2/h10,13-16H,1-7H3;1-2H3. The number of fused-ring (bicyclic) bond motifs is 1. The van der Waals surface area contributed by atoms with Gasteiger partial charge in [0.15, 0.2) is 0 Å². The van der Waals surface area contributed by atoms with Crippen LogP contribution in [0.3, 0.4) is 0 Å². The summed E-state index contributed by atoms with van der Waals surface area (Å²) in [6.07, 6.45) is 0. The third-order valence-electron chi connectivity index (χ3n) is 5.92. The molecule has 2 rings (SSSR count). The van der Waals surface area contributed by atoms with Crippen molar-refractivity contribution in [2.75, 3.05) is 0 Å². The SMILES string of the molecule is CC.CC1=C(C)C2C(C)C(C)C(C)C2C(C)=C1C. The second-order valence-corrected chi connectivity index (χ2v) is 6.24. The topological polar surface area (TPSA) is 0 Å². The number of rotatable bonds is 0. The molecule has 2 aliphatic carbocycles. The van der Waals surface area contributed by atoms with Crippen LogP contribution in [0.1, 0.15) is 62.3 Å². The average molecular weight is 248 g/mol. The summed E-state index contributed by atoms with van der Waals surface area (Å²) >= 11 is 0. The maximum absolute atomic E-state index is 2.45. The van der Waals surface area contributed by atoms with Gasteiger partial charge in [0.1, 0.15) is 0 Å². The van der Waals surface area contributed by atoms with Crippen molar-refractivity contribution in [3.05, 3.63) is 22.3 Å². The molecule has 1 fully saturated rings. The van der Waals surface area contributed by atoms with Gasteiger partial charge in [0.25, 0.3) is 0 Å². The van der Waals surface area contributed by atoms with Gasteiger partial charge in [-0.25, -0.2) is 0 Å². The van der Waals surface area contributed by atoms with Crippen LogP contribution < -0.4 is 0 Å². The van der Waals surface area contributed by atoms with Gasteiger partial charge < -0.3 is 0 Å². The lowest BCUT2D eigenvalue weighted by molar-refractivity contribution is 0.356. The van der Waals surface area contributed by atoms with E-state index in [9.17, 15) is 0 Å². The quantitative estimate of drug-likeness (QED) is 0.504. The van der Waals surface area contributed by atoms with Crippen molar-refractivity contribution in [3.8, 4) is 0 Å². The van der Waals surface area contributed by atoms with Gasteiger partial charge in [0.2, 0.25) is 0 Å². The lowest BCUT2D eigenvalue weighted by atomic mass is 9.71. The van der Waals surface area contributed by atoms with E-state index in [4.69, 9.17) is 0 Å². The molecule has 4 unspecified atom stereocenters. The summed E-state index contributed by atoms with van der Waals surface area (Å²) in [6, 6.07) is 0. The fourth-order valence-corrected chi connectivity index (χ4v) is 4.21. The van der Waals surface area contributed by atoms with Crippen LogP contribution in [0.5, 0.6) is 0 Å². The smallest absolute Gasteiger partial charge is 0.0103 e. The van der Waals surface area contributed by atoms with E-state index in [0.717, 1.165) is 29.6 Å². The molecule has 0 aromatic carbocycles. The monoisotopic (exact) mass is 248 g/mol. The summed E-state index contributed by atoms with van der Waals surface area (Å²) in [7, 11) is 0. The third-order valence-corrected chi connectivity index (χ3v) is 5.92. The van der Waals surface area contributed by atoms with Crippen LogP contribution in [0.4, 0.5) is 0 Å². The summed E-state index contributed by atoms with van der Waals surface area (Å²) in [5.41, 5.74) is 6.45. The molecule has 0 heteroatoms. The Labute approximate surface area is 115 Å². The van der Waals surface area contributed by atoms with Crippen molar-refractivity contribution in [1.29, 1.82) is 0 Å². The molecule has 0 saturated heterocycles. The van der Waals surface area contributed by atoms with Crippen LogP contribution in [0.15, 0.2) is 22.3 Å². The lowest BCUT2D eigenvalue weighted by Gasteiger charge is -2.34. The predicted octanol–water partition coefficient (Wildman–Crippen LogP) is 5.85. The molecule has 1 saturated carbocycles.